The Bertz CT molecular complexity index is 782. The lowest BCUT2D eigenvalue weighted by Gasteiger charge is -2.07. The van der Waals surface area contributed by atoms with E-state index in [9.17, 15) is 4.79 Å². The van der Waals surface area contributed by atoms with Crippen LogP contribution in [0.15, 0.2) is 44.8 Å². The molecule has 1 aromatic heterocycles. The Labute approximate surface area is 137 Å². The van der Waals surface area contributed by atoms with Gasteiger partial charge in [-0.15, -0.1) is 0 Å². The van der Waals surface area contributed by atoms with Crippen LogP contribution in [0.5, 0.6) is 0 Å². The van der Waals surface area contributed by atoms with E-state index in [1.54, 1.807) is 20.2 Å². The van der Waals surface area contributed by atoms with Gasteiger partial charge in [-0.2, -0.15) is 5.26 Å². The standard InChI is InChI=1S/C17H15BrN2O2/c1-11-4-6-14(15(18)8-11)16-7-5-13(22-16)9-12(10-19)17(21)20(2)3/h4-9H,1-3H3/b12-9-. The van der Waals surface area contributed by atoms with Gasteiger partial charge < -0.3 is 9.32 Å². The molecule has 4 nitrogen and oxygen atoms in total. The number of halogens is 1. The molecule has 0 aliphatic heterocycles. The first kappa shape index (κ1) is 16.1. The van der Waals surface area contributed by atoms with Gasteiger partial charge in [0.15, 0.2) is 0 Å². The number of carbonyl (C=O) groups excluding carboxylic acids is 1. The van der Waals surface area contributed by atoms with E-state index in [0.29, 0.717) is 11.5 Å². The third-order valence-corrected chi connectivity index (χ3v) is 3.72. The van der Waals surface area contributed by atoms with Gasteiger partial charge in [-0.3, -0.25) is 4.79 Å². The first-order valence-corrected chi connectivity index (χ1v) is 7.41. The number of benzene rings is 1. The van der Waals surface area contributed by atoms with Crippen molar-refractivity contribution in [3.05, 3.63) is 51.7 Å². The summed E-state index contributed by atoms with van der Waals surface area (Å²) in [5.74, 6) is 0.791. The number of hydrogen-bond acceptors (Lipinski definition) is 3. The Morgan fingerprint density at radius 1 is 1.32 bits per heavy atom. The van der Waals surface area contributed by atoms with E-state index in [2.05, 4.69) is 15.9 Å². The predicted octanol–water partition coefficient (Wildman–Crippen LogP) is 4.01. The van der Waals surface area contributed by atoms with E-state index < -0.39 is 0 Å². The third kappa shape index (κ3) is 3.46. The Morgan fingerprint density at radius 3 is 2.64 bits per heavy atom. The number of nitriles is 1. The summed E-state index contributed by atoms with van der Waals surface area (Å²) in [6, 6.07) is 11.4. The second-order valence-electron chi connectivity index (χ2n) is 5.05. The lowest BCUT2D eigenvalue weighted by Crippen LogP contribution is -2.22. The van der Waals surface area contributed by atoms with Crippen LogP contribution in [-0.2, 0) is 4.79 Å². The van der Waals surface area contributed by atoms with Crippen LogP contribution in [-0.4, -0.2) is 24.9 Å². The fourth-order valence-electron chi connectivity index (χ4n) is 1.92. The zero-order chi connectivity index (χ0) is 16.3. The average Bonchev–Trinajstić information content (AvgIpc) is 2.92. The van der Waals surface area contributed by atoms with Crippen molar-refractivity contribution in [1.82, 2.24) is 4.90 Å². The van der Waals surface area contributed by atoms with Crippen LogP contribution in [0.4, 0.5) is 0 Å². The number of aryl methyl sites for hydroxylation is 1. The molecule has 0 unspecified atom stereocenters. The zero-order valence-corrected chi connectivity index (χ0v) is 14.1. The second kappa shape index (κ2) is 6.63. The highest BCUT2D eigenvalue weighted by atomic mass is 79.9. The normalized spacial score (nSPS) is 11.1. The van der Waals surface area contributed by atoms with Crippen molar-refractivity contribution in [3.8, 4) is 17.4 Å². The maximum absolute atomic E-state index is 11.8. The van der Waals surface area contributed by atoms with Crippen LogP contribution >= 0.6 is 15.9 Å². The third-order valence-electron chi connectivity index (χ3n) is 3.06. The topological polar surface area (TPSA) is 57.2 Å². The summed E-state index contributed by atoms with van der Waals surface area (Å²) < 4.78 is 6.66. The average molecular weight is 359 g/mol. The highest BCUT2D eigenvalue weighted by molar-refractivity contribution is 9.10. The summed E-state index contributed by atoms with van der Waals surface area (Å²) in [5, 5.41) is 9.09. The molecule has 0 fully saturated rings. The van der Waals surface area contributed by atoms with E-state index in [0.717, 1.165) is 15.6 Å². The van der Waals surface area contributed by atoms with Crippen LogP contribution in [0.2, 0.25) is 0 Å². The minimum absolute atomic E-state index is 0.0360. The fraction of sp³-hybridized carbons (Fsp3) is 0.176. The maximum atomic E-state index is 11.8. The number of furan rings is 1. The van der Waals surface area contributed by atoms with E-state index in [-0.39, 0.29) is 11.5 Å². The van der Waals surface area contributed by atoms with E-state index in [4.69, 9.17) is 9.68 Å². The Morgan fingerprint density at radius 2 is 2.05 bits per heavy atom. The molecule has 0 saturated carbocycles. The molecule has 0 radical (unpaired) electrons. The first-order chi connectivity index (χ1) is 10.4. The maximum Gasteiger partial charge on any atom is 0.264 e. The van der Waals surface area contributed by atoms with Gasteiger partial charge >= 0.3 is 0 Å². The monoisotopic (exact) mass is 358 g/mol. The molecule has 2 aromatic rings. The van der Waals surface area contributed by atoms with Crippen molar-refractivity contribution in [1.29, 1.82) is 5.26 Å². The number of likely N-dealkylation sites (N-methyl/N-ethyl adjacent to an activating group) is 1. The van der Waals surface area contributed by atoms with Gasteiger partial charge in [0, 0.05) is 30.2 Å². The van der Waals surface area contributed by atoms with Gasteiger partial charge in [0.2, 0.25) is 0 Å². The molecule has 2 rings (SSSR count). The number of amides is 1. The van der Waals surface area contributed by atoms with Crippen LogP contribution in [0.1, 0.15) is 11.3 Å². The molecule has 0 spiro atoms. The minimum Gasteiger partial charge on any atom is -0.457 e. The van der Waals surface area contributed by atoms with E-state index in [1.807, 2.05) is 37.3 Å². The molecule has 22 heavy (non-hydrogen) atoms. The summed E-state index contributed by atoms with van der Waals surface area (Å²) in [7, 11) is 3.20. The molecule has 1 aromatic carbocycles. The fourth-order valence-corrected chi connectivity index (χ4v) is 2.61. The number of carbonyl (C=O) groups is 1. The quantitative estimate of drug-likeness (QED) is 0.615. The van der Waals surface area contributed by atoms with Gasteiger partial charge in [-0.25, -0.2) is 0 Å². The van der Waals surface area contributed by atoms with Crippen molar-refractivity contribution in [2.24, 2.45) is 0 Å². The Kier molecular flexibility index (Phi) is 4.84. The molecule has 0 atom stereocenters. The molecule has 5 heteroatoms. The van der Waals surface area contributed by atoms with Crippen molar-refractivity contribution in [2.45, 2.75) is 6.92 Å². The highest BCUT2D eigenvalue weighted by Gasteiger charge is 2.13. The summed E-state index contributed by atoms with van der Waals surface area (Å²) in [4.78, 5) is 13.2. The molecule has 0 aliphatic rings. The first-order valence-electron chi connectivity index (χ1n) is 6.62. The van der Waals surface area contributed by atoms with Crippen LogP contribution < -0.4 is 0 Å². The zero-order valence-electron chi connectivity index (χ0n) is 12.6. The molecular formula is C17H15BrN2O2. The number of rotatable bonds is 3. The summed E-state index contributed by atoms with van der Waals surface area (Å²) >= 11 is 3.51. The van der Waals surface area contributed by atoms with Gasteiger partial charge in [-0.05, 0) is 36.8 Å². The number of hydrogen-bond donors (Lipinski definition) is 0. The largest absolute Gasteiger partial charge is 0.457 e. The number of nitrogens with zero attached hydrogens (tertiary/aromatic N) is 2. The SMILES string of the molecule is Cc1ccc(-c2ccc(/C=C(/C#N)C(=O)N(C)C)o2)c(Br)c1. The molecule has 0 saturated heterocycles. The van der Waals surface area contributed by atoms with Crippen LogP contribution in [0, 0.1) is 18.3 Å². The van der Waals surface area contributed by atoms with Crippen LogP contribution in [0.25, 0.3) is 17.4 Å². The molecule has 1 heterocycles. The van der Waals surface area contributed by atoms with Gasteiger partial charge in [-0.1, -0.05) is 22.0 Å². The smallest absolute Gasteiger partial charge is 0.264 e. The lowest BCUT2D eigenvalue weighted by atomic mass is 10.1. The molecule has 0 N–H and O–H groups in total. The van der Waals surface area contributed by atoms with Crippen molar-refractivity contribution >= 4 is 27.9 Å². The van der Waals surface area contributed by atoms with Crippen molar-refractivity contribution in [2.75, 3.05) is 14.1 Å². The summed E-state index contributed by atoms with van der Waals surface area (Å²) in [6.45, 7) is 2.01. The van der Waals surface area contributed by atoms with E-state index in [1.165, 1.54) is 11.0 Å². The van der Waals surface area contributed by atoms with Gasteiger partial charge in [0.1, 0.15) is 23.2 Å². The minimum atomic E-state index is -0.350. The molecule has 0 bridgehead atoms. The molecular weight excluding hydrogens is 344 g/mol. The van der Waals surface area contributed by atoms with Crippen molar-refractivity contribution in [3.63, 3.8) is 0 Å². The molecule has 1 amide bonds. The Balaban J connectivity index is 2.36. The van der Waals surface area contributed by atoms with Gasteiger partial charge in [0.25, 0.3) is 5.91 Å². The summed E-state index contributed by atoms with van der Waals surface area (Å²) in [6.07, 6.45) is 1.45. The van der Waals surface area contributed by atoms with Gasteiger partial charge in [0.05, 0.1) is 0 Å². The van der Waals surface area contributed by atoms with Crippen LogP contribution in [0.3, 0.4) is 0 Å². The Hall–Kier alpha value is -2.32. The molecule has 0 aliphatic carbocycles. The highest BCUT2D eigenvalue weighted by Crippen LogP contribution is 2.31. The van der Waals surface area contributed by atoms with E-state index >= 15 is 0 Å². The van der Waals surface area contributed by atoms with Crippen molar-refractivity contribution < 1.29 is 9.21 Å². The summed E-state index contributed by atoms with van der Waals surface area (Å²) in [5.41, 5.74) is 2.10. The lowest BCUT2D eigenvalue weighted by molar-refractivity contribution is -0.124. The second-order valence-corrected chi connectivity index (χ2v) is 5.91. The molecule has 112 valence electrons. The predicted molar refractivity (Wildman–Crippen MR) is 88.9 cm³/mol.